The molecule has 2 heterocycles. The van der Waals surface area contributed by atoms with Crippen LogP contribution in [0.2, 0.25) is 0 Å². The standard InChI is InChI=1S/C25H31N5O2.HI/c1-26-25(28-19-10-9-16-29(18-19)20-11-3-2-4-12-20)27-15-7-8-17-30-23(31)21-13-5-6-14-22(21)24(30)32;/h2-6,11-14,19H,7-10,15-18H2,1H3,(H2,26,27,28);1H. The predicted molar refractivity (Wildman–Crippen MR) is 143 cm³/mol. The highest BCUT2D eigenvalue weighted by Crippen LogP contribution is 2.22. The number of piperidine rings is 1. The predicted octanol–water partition coefficient (Wildman–Crippen LogP) is 3.51. The highest BCUT2D eigenvalue weighted by Gasteiger charge is 2.34. The van der Waals surface area contributed by atoms with Crippen LogP contribution in [0.15, 0.2) is 59.6 Å². The van der Waals surface area contributed by atoms with E-state index >= 15 is 0 Å². The minimum absolute atomic E-state index is 0. The molecule has 1 saturated heterocycles. The molecule has 2 aliphatic heterocycles. The molecule has 0 radical (unpaired) electrons. The molecule has 2 aromatic rings. The van der Waals surface area contributed by atoms with Crippen LogP contribution in [0.25, 0.3) is 0 Å². The van der Waals surface area contributed by atoms with Crippen molar-refractivity contribution >= 4 is 47.4 Å². The fourth-order valence-corrected chi connectivity index (χ4v) is 4.40. The topological polar surface area (TPSA) is 77.0 Å². The van der Waals surface area contributed by atoms with Gasteiger partial charge in [0.15, 0.2) is 5.96 Å². The molecule has 0 bridgehead atoms. The molecule has 0 spiro atoms. The van der Waals surface area contributed by atoms with Crippen LogP contribution in [0.5, 0.6) is 0 Å². The van der Waals surface area contributed by atoms with E-state index in [4.69, 9.17) is 0 Å². The number of hydrogen-bond donors (Lipinski definition) is 2. The second-order valence-electron chi connectivity index (χ2n) is 8.28. The van der Waals surface area contributed by atoms with Gasteiger partial charge in [0.2, 0.25) is 0 Å². The minimum atomic E-state index is -0.184. The minimum Gasteiger partial charge on any atom is -0.369 e. The first-order chi connectivity index (χ1) is 15.7. The van der Waals surface area contributed by atoms with Gasteiger partial charge in [-0.3, -0.25) is 19.5 Å². The van der Waals surface area contributed by atoms with Crippen molar-refractivity contribution in [3.05, 3.63) is 65.7 Å². The van der Waals surface area contributed by atoms with Crippen LogP contribution in [0.3, 0.4) is 0 Å². The van der Waals surface area contributed by atoms with Crippen molar-refractivity contribution in [1.29, 1.82) is 0 Å². The summed E-state index contributed by atoms with van der Waals surface area (Å²) in [6.07, 6.45) is 3.85. The Morgan fingerprint density at radius 1 is 1.00 bits per heavy atom. The summed E-state index contributed by atoms with van der Waals surface area (Å²) >= 11 is 0. The van der Waals surface area contributed by atoms with E-state index < -0.39 is 0 Å². The van der Waals surface area contributed by atoms with E-state index in [1.165, 1.54) is 10.6 Å². The molecule has 8 heteroatoms. The van der Waals surface area contributed by atoms with Crippen LogP contribution < -0.4 is 15.5 Å². The number of imide groups is 1. The lowest BCUT2D eigenvalue weighted by Crippen LogP contribution is -2.51. The van der Waals surface area contributed by atoms with Gasteiger partial charge in [0.25, 0.3) is 11.8 Å². The highest BCUT2D eigenvalue weighted by atomic mass is 127. The first-order valence-electron chi connectivity index (χ1n) is 11.4. The quantitative estimate of drug-likeness (QED) is 0.178. The third-order valence-corrected chi connectivity index (χ3v) is 6.09. The Morgan fingerprint density at radius 2 is 1.67 bits per heavy atom. The molecule has 2 N–H and O–H groups in total. The number of hydrogen-bond acceptors (Lipinski definition) is 4. The molecule has 0 saturated carbocycles. The second-order valence-corrected chi connectivity index (χ2v) is 8.28. The van der Waals surface area contributed by atoms with Gasteiger partial charge >= 0.3 is 0 Å². The Bertz CT molecular complexity index is 947. The third kappa shape index (κ3) is 6.04. The van der Waals surface area contributed by atoms with E-state index in [9.17, 15) is 9.59 Å². The molecule has 1 atom stereocenters. The molecule has 7 nitrogen and oxygen atoms in total. The van der Waals surface area contributed by atoms with E-state index in [-0.39, 0.29) is 35.8 Å². The normalized spacial score (nSPS) is 18.1. The van der Waals surface area contributed by atoms with Gasteiger partial charge in [-0.05, 0) is 49.9 Å². The van der Waals surface area contributed by atoms with Gasteiger partial charge in [0, 0.05) is 45.0 Å². The number of nitrogens with zero attached hydrogens (tertiary/aromatic N) is 3. The SMILES string of the molecule is CN=C(NCCCCN1C(=O)c2ccccc2C1=O)NC1CCCN(c2ccccc2)C1.I. The largest absolute Gasteiger partial charge is 0.369 e. The number of amides is 2. The monoisotopic (exact) mass is 561 g/mol. The van der Waals surface area contributed by atoms with Crippen molar-refractivity contribution in [3.63, 3.8) is 0 Å². The van der Waals surface area contributed by atoms with E-state index in [1.807, 2.05) is 6.07 Å². The van der Waals surface area contributed by atoms with E-state index in [2.05, 4.69) is 44.8 Å². The van der Waals surface area contributed by atoms with Crippen LogP contribution in [0.1, 0.15) is 46.4 Å². The fraction of sp³-hybridized carbons (Fsp3) is 0.400. The van der Waals surface area contributed by atoms with Crippen LogP contribution in [0.4, 0.5) is 5.69 Å². The number of guanidine groups is 1. The summed E-state index contributed by atoms with van der Waals surface area (Å²) in [4.78, 5) is 33.0. The highest BCUT2D eigenvalue weighted by molar-refractivity contribution is 14.0. The maximum atomic E-state index is 12.4. The lowest BCUT2D eigenvalue weighted by Gasteiger charge is -2.35. The number of aliphatic imine (C=N–C) groups is 1. The van der Waals surface area contributed by atoms with E-state index in [1.54, 1.807) is 31.3 Å². The van der Waals surface area contributed by atoms with E-state index in [0.29, 0.717) is 23.7 Å². The summed E-state index contributed by atoms with van der Waals surface area (Å²) in [5, 5.41) is 6.91. The molecule has 4 rings (SSSR count). The number of anilines is 1. The Balaban J connectivity index is 0.00000306. The van der Waals surface area contributed by atoms with Crippen LogP contribution >= 0.6 is 24.0 Å². The van der Waals surface area contributed by atoms with Gasteiger partial charge in [-0.15, -0.1) is 24.0 Å². The van der Waals surface area contributed by atoms with Gasteiger partial charge in [-0.25, -0.2) is 0 Å². The van der Waals surface area contributed by atoms with E-state index in [0.717, 1.165) is 51.3 Å². The van der Waals surface area contributed by atoms with Gasteiger partial charge < -0.3 is 15.5 Å². The zero-order valence-corrected chi connectivity index (χ0v) is 21.3. The summed E-state index contributed by atoms with van der Waals surface area (Å²) in [5.41, 5.74) is 2.28. The van der Waals surface area contributed by atoms with Crippen molar-refractivity contribution in [2.75, 3.05) is 38.1 Å². The zero-order valence-electron chi connectivity index (χ0n) is 19.0. The molecular weight excluding hydrogens is 529 g/mol. The third-order valence-electron chi connectivity index (χ3n) is 6.09. The number of halogens is 1. The molecule has 2 amide bonds. The fourth-order valence-electron chi connectivity index (χ4n) is 4.40. The number of carbonyl (C=O) groups is 2. The van der Waals surface area contributed by atoms with Crippen LogP contribution in [0, 0.1) is 0 Å². The Hall–Kier alpha value is -2.62. The summed E-state index contributed by atoms with van der Waals surface area (Å²) in [7, 11) is 1.78. The molecule has 0 aliphatic carbocycles. The maximum absolute atomic E-state index is 12.4. The van der Waals surface area contributed by atoms with Crippen molar-refractivity contribution in [3.8, 4) is 0 Å². The second kappa shape index (κ2) is 12.0. The zero-order chi connectivity index (χ0) is 22.3. The Kier molecular flexibility index (Phi) is 9.11. The maximum Gasteiger partial charge on any atom is 0.261 e. The summed E-state index contributed by atoms with van der Waals surface area (Å²) in [5.74, 6) is 0.429. The first-order valence-corrected chi connectivity index (χ1v) is 11.4. The average molecular weight is 561 g/mol. The van der Waals surface area contributed by atoms with Gasteiger partial charge in [-0.2, -0.15) is 0 Å². The number of carbonyl (C=O) groups excluding carboxylic acids is 2. The molecule has 1 unspecified atom stereocenters. The summed E-state index contributed by atoms with van der Waals surface area (Å²) in [6, 6.07) is 17.9. The van der Waals surface area contributed by atoms with Crippen molar-refractivity contribution in [2.24, 2.45) is 4.99 Å². The number of rotatable bonds is 7. The lowest BCUT2D eigenvalue weighted by molar-refractivity contribution is 0.0652. The van der Waals surface area contributed by atoms with Crippen molar-refractivity contribution in [1.82, 2.24) is 15.5 Å². The lowest BCUT2D eigenvalue weighted by atomic mass is 10.1. The van der Waals surface area contributed by atoms with Gasteiger partial charge in [-0.1, -0.05) is 30.3 Å². The molecule has 0 aromatic heterocycles. The van der Waals surface area contributed by atoms with Gasteiger partial charge in [0.05, 0.1) is 11.1 Å². The molecule has 2 aromatic carbocycles. The first kappa shape index (κ1) is 25.0. The summed E-state index contributed by atoms with van der Waals surface area (Å²) in [6.45, 7) is 3.20. The summed E-state index contributed by atoms with van der Waals surface area (Å²) < 4.78 is 0. The molecule has 33 heavy (non-hydrogen) atoms. The number of unbranched alkanes of at least 4 members (excludes halogenated alkanes) is 1. The smallest absolute Gasteiger partial charge is 0.261 e. The van der Waals surface area contributed by atoms with Crippen molar-refractivity contribution in [2.45, 2.75) is 31.7 Å². The number of nitrogens with one attached hydrogen (secondary N) is 2. The molecule has 2 aliphatic rings. The number of benzene rings is 2. The number of para-hydroxylation sites is 1. The molecule has 176 valence electrons. The molecule has 1 fully saturated rings. The molecular formula is C25H32IN5O2. The van der Waals surface area contributed by atoms with Crippen LogP contribution in [-0.4, -0.2) is 61.9 Å². The van der Waals surface area contributed by atoms with Crippen molar-refractivity contribution < 1.29 is 9.59 Å². The average Bonchev–Trinajstić information content (AvgIpc) is 3.08. The Morgan fingerprint density at radius 3 is 2.33 bits per heavy atom. The van der Waals surface area contributed by atoms with Gasteiger partial charge in [0.1, 0.15) is 0 Å². The number of fused-ring (bicyclic) bond motifs is 1. The Labute approximate surface area is 212 Å². The van der Waals surface area contributed by atoms with Crippen LogP contribution in [-0.2, 0) is 0 Å².